The average molecular weight is 378 g/mol. The highest BCUT2D eigenvalue weighted by molar-refractivity contribution is 7.98. The van der Waals surface area contributed by atoms with Gasteiger partial charge in [0, 0.05) is 29.9 Å². The molecule has 3 rings (SSSR count). The number of hydrogen-bond acceptors (Lipinski definition) is 5. The first-order valence-electron chi connectivity index (χ1n) is 7.94. The molecule has 3 aromatic rings. The van der Waals surface area contributed by atoms with Crippen LogP contribution in [0.4, 0.5) is 0 Å². The lowest BCUT2D eigenvalue weighted by Crippen LogP contribution is -2.07. The van der Waals surface area contributed by atoms with Crippen LogP contribution in [0.5, 0.6) is 0 Å². The molecule has 5 nitrogen and oxygen atoms in total. The van der Waals surface area contributed by atoms with Gasteiger partial charge in [-0.15, -0.1) is 0 Å². The molecule has 0 bridgehead atoms. The van der Waals surface area contributed by atoms with Gasteiger partial charge in [-0.2, -0.15) is 0 Å². The van der Waals surface area contributed by atoms with Crippen LogP contribution in [-0.4, -0.2) is 28.3 Å². The third-order valence-electron chi connectivity index (χ3n) is 3.95. The lowest BCUT2D eigenvalue weighted by atomic mass is 10.2. The summed E-state index contributed by atoms with van der Waals surface area (Å²) in [6.07, 6.45) is 1.74. The fourth-order valence-corrected chi connectivity index (χ4v) is 3.53. The van der Waals surface area contributed by atoms with Crippen molar-refractivity contribution in [3.05, 3.63) is 52.8 Å². The van der Waals surface area contributed by atoms with Crippen molar-refractivity contribution in [2.24, 2.45) is 0 Å². The van der Waals surface area contributed by atoms with Crippen molar-refractivity contribution >= 4 is 23.4 Å². The fourth-order valence-electron chi connectivity index (χ4n) is 2.43. The third-order valence-corrected chi connectivity index (χ3v) is 5.16. The second kappa shape index (κ2) is 8.08. The Labute approximate surface area is 156 Å². The van der Waals surface area contributed by atoms with Crippen LogP contribution in [0.3, 0.4) is 0 Å². The largest absolute Gasteiger partial charge is 0.440 e. The van der Waals surface area contributed by atoms with Gasteiger partial charge >= 0.3 is 0 Å². The monoisotopic (exact) mass is 377 g/mol. The van der Waals surface area contributed by atoms with E-state index in [4.69, 9.17) is 20.8 Å². The zero-order valence-electron chi connectivity index (χ0n) is 14.5. The van der Waals surface area contributed by atoms with E-state index in [1.54, 1.807) is 25.1 Å². The molecule has 132 valence electrons. The summed E-state index contributed by atoms with van der Waals surface area (Å²) in [5.74, 6) is 2.03. The Morgan fingerprint density at radius 2 is 2.00 bits per heavy atom. The van der Waals surface area contributed by atoms with E-state index in [-0.39, 0.29) is 0 Å². The molecule has 2 heterocycles. The Bertz CT molecular complexity index is 843. The number of oxazole rings is 1. The maximum Gasteiger partial charge on any atom is 0.205 e. The Morgan fingerprint density at radius 1 is 1.24 bits per heavy atom. The van der Waals surface area contributed by atoms with Crippen molar-refractivity contribution in [1.29, 1.82) is 0 Å². The summed E-state index contributed by atoms with van der Waals surface area (Å²) in [6, 6.07) is 7.52. The van der Waals surface area contributed by atoms with E-state index in [0.29, 0.717) is 23.3 Å². The van der Waals surface area contributed by atoms with E-state index >= 15 is 0 Å². The topological polar surface area (TPSA) is 53.1 Å². The van der Waals surface area contributed by atoms with Crippen molar-refractivity contribution in [2.45, 2.75) is 31.3 Å². The predicted octanol–water partition coefficient (Wildman–Crippen LogP) is 4.75. The van der Waals surface area contributed by atoms with Crippen LogP contribution in [-0.2, 0) is 17.0 Å². The van der Waals surface area contributed by atoms with Gasteiger partial charge in [-0.3, -0.25) is 0 Å². The zero-order valence-corrected chi connectivity index (χ0v) is 16.0. The first kappa shape index (κ1) is 18.0. The number of rotatable bonds is 7. The minimum Gasteiger partial charge on any atom is -0.440 e. The summed E-state index contributed by atoms with van der Waals surface area (Å²) in [7, 11) is 1.71. The molecule has 7 heteroatoms. The molecule has 0 spiro atoms. The number of hydrogen-bond donors (Lipinski definition) is 0. The molecule has 0 saturated heterocycles. The van der Waals surface area contributed by atoms with Crippen LogP contribution in [0.2, 0.25) is 5.02 Å². The average Bonchev–Trinajstić information content (AvgIpc) is 3.18. The smallest absolute Gasteiger partial charge is 0.205 e. The first-order chi connectivity index (χ1) is 12.1. The van der Waals surface area contributed by atoms with Crippen molar-refractivity contribution in [2.75, 3.05) is 13.7 Å². The van der Waals surface area contributed by atoms with Crippen LogP contribution in [0, 0.1) is 13.8 Å². The predicted molar refractivity (Wildman–Crippen MR) is 100 cm³/mol. The molecule has 0 amide bonds. The highest BCUT2D eigenvalue weighted by Gasteiger charge is 2.13. The van der Waals surface area contributed by atoms with Crippen LogP contribution < -0.4 is 0 Å². The van der Waals surface area contributed by atoms with E-state index in [1.807, 2.05) is 31.2 Å². The maximum atomic E-state index is 5.92. The van der Waals surface area contributed by atoms with Gasteiger partial charge in [0.25, 0.3) is 0 Å². The molecule has 0 atom stereocenters. The minimum atomic E-state index is 0.621. The number of nitrogens with zero attached hydrogens (tertiary/aromatic N) is 3. The summed E-state index contributed by atoms with van der Waals surface area (Å²) < 4.78 is 13.2. The summed E-state index contributed by atoms with van der Waals surface area (Å²) in [5.41, 5.74) is 3.16. The van der Waals surface area contributed by atoms with Gasteiger partial charge in [0.1, 0.15) is 0 Å². The molecular formula is C18H20ClN3O2S. The molecule has 0 aliphatic rings. The molecule has 2 aromatic heterocycles. The molecule has 25 heavy (non-hydrogen) atoms. The zero-order chi connectivity index (χ0) is 17.8. The number of aryl methyl sites for hydroxylation is 1. The van der Waals surface area contributed by atoms with Crippen molar-refractivity contribution in [3.8, 4) is 11.3 Å². The van der Waals surface area contributed by atoms with Gasteiger partial charge in [0.15, 0.2) is 10.9 Å². The van der Waals surface area contributed by atoms with Gasteiger partial charge in [-0.1, -0.05) is 23.4 Å². The minimum absolute atomic E-state index is 0.621. The number of imidazole rings is 1. The van der Waals surface area contributed by atoms with E-state index in [2.05, 4.69) is 21.5 Å². The van der Waals surface area contributed by atoms with Crippen LogP contribution >= 0.6 is 23.4 Å². The van der Waals surface area contributed by atoms with E-state index < -0.39 is 0 Å². The Morgan fingerprint density at radius 3 is 2.72 bits per heavy atom. The third kappa shape index (κ3) is 4.26. The first-order valence-corrected chi connectivity index (χ1v) is 9.31. The SMILES string of the molecule is COCCn1c(SCc2ncc(-c3ccc(Cl)cc3)o2)nc(C)c1C. The second-order valence-electron chi connectivity index (χ2n) is 5.62. The second-order valence-corrected chi connectivity index (χ2v) is 7.00. The molecule has 0 unspecified atom stereocenters. The van der Waals surface area contributed by atoms with E-state index in [0.717, 1.165) is 34.4 Å². The number of aromatic nitrogens is 3. The number of halogens is 1. The van der Waals surface area contributed by atoms with Crippen molar-refractivity contribution < 1.29 is 9.15 Å². The van der Waals surface area contributed by atoms with Crippen molar-refractivity contribution in [3.63, 3.8) is 0 Å². The van der Waals surface area contributed by atoms with E-state index in [9.17, 15) is 0 Å². The molecule has 0 radical (unpaired) electrons. The Kier molecular flexibility index (Phi) is 5.83. The molecule has 0 aliphatic carbocycles. The summed E-state index contributed by atoms with van der Waals surface area (Å²) >= 11 is 7.54. The van der Waals surface area contributed by atoms with Gasteiger partial charge in [-0.25, -0.2) is 9.97 Å². The number of benzene rings is 1. The molecule has 0 N–H and O–H groups in total. The maximum absolute atomic E-state index is 5.92. The van der Waals surface area contributed by atoms with Crippen LogP contribution in [0.15, 0.2) is 40.0 Å². The molecule has 0 aliphatic heterocycles. The van der Waals surface area contributed by atoms with Gasteiger partial charge in [0.05, 0.1) is 24.3 Å². The highest BCUT2D eigenvalue weighted by atomic mass is 35.5. The van der Waals surface area contributed by atoms with E-state index in [1.165, 1.54) is 0 Å². The van der Waals surface area contributed by atoms with Gasteiger partial charge < -0.3 is 13.7 Å². The quantitative estimate of drug-likeness (QED) is 0.556. The number of methoxy groups -OCH3 is 1. The van der Waals surface area contributed by atoms with Crippen LogP contribution in [0.25, 0.3) is 11.3 Å². The lowest BCUT2D eigenvalue weighted by Gasteiger charge is -2.08. The molecular weight excluding hydrogens is 358 g/mol. The Balaban J connectivity index is 1.70. The summed E-state index contributed by atoms with van der Waals surface area (Å²) in [6.45, 7) is 5.54. The highest BCUT2D eigenvalue weighted by Crippen LogP contribution is 2.27. The van der Waals surface area contributed by atoms with Gasteiger partial charge in [-0.05, 0) is 38.1 Å². The summed E-state index contributed by atoms with van der Waals surface area (Å²) in [4.78, 5) is 9.01. The van der Waals surface area contributed by atoms with Gasteiger partial charge in [0.2, 0.25) is 5.89 Å². The molecule has 0 fully saturated rings. The standard InChI is InChI=1S/C18H20ClN3O2S/c1-12-13(2)22(8-9-23-3)18(21-12)25-11-17-20-10-16(24-17)14-4-6-15(19)7-5-14/h4-7,10H,8-9,11H2,1-3H3. The lowest BCUT2D eigenvalue weighted by molar-refractivity contribution is 0.184. The Hall–Kier alpha value is -1.76. The fraction of sp³-hybridized carbons (Fsp3) is 0.333. The number of thioether (sulfide) groups is 1. The molecule has 1 aromatic carbocycles. The number of ether oxygens (including phenoxy) is 1. The molecule has 0 saturated carbocycles. The van der Waals surface area contributed by atoms with Crippen molar-refractivity contribution in [1.82, 2.24) is 14.5 Å². The summed E-state index contributed by atoms with van der Waals surface area (Å²) in [5, 5.41) is 1.66. The normalized spacial score (nSPS) is 11.2. The van der Waals surface area contributed by atoms with Crippen LogP contribution in [0.1, 0.15) is 17.3 Å².